The van der Waals surface area contributed by atoms with Crippen LogP contribution >= 0.6 is 0 Å². The zero-order valence-electron chi connectivity index (χ0n) is 46.8. The SMILES string of the molecule is CCCCCCCCCCCCCCCCCCOc1cc(C(=O)OCC(=O)O)cc(OCCCCCCCCCCCCCCCCCC)c1OCCCCCCCCCCCCCCCCCC. The van der Waals surface area contributed by atoms with Crippen LogP contribution < -0.4 is 14.2 Å². The third-order valence-corrected chi connectivity index (χ3v) is 14.3. The van der Waals surface area contributed by atoms with E-state index in [2.05, 4.69) is 20.8 Å². The van der Waals surface area contributed by atoms with Crippen LogP contribution in [0.4, 0.5) is 0 Å². The van der Waals surface area contributed by atoms with Gasteiger partial charge in [0.25, 0.3) is 0 Å². The molecular weight excluding hydrogens is 869 g/mol. The van der Waals surface area contributed by atoms with E-state index in [4.69, 9.17) is 18.9 Å². The number of aliphatic carboxylic acids is 1. The van der Waals surface area contributed by atoms with Crippen LogP contribution in [0.3, 0.4) is 0 Å². The topological polar surface area (TPSA) is 91.3 Å². The van der Waals surface area contributed by atoms with Gasteiger partial charge in [0.15, 0.2) is 18.1 Å². The first-order chi connectivity index (χ1) is 34.5. The van der Waals surface area contributed by atoms with Crippen LogP contribution in [-0.2, 0) is 9.53 Å². The number of hydrogen-bond donors (Lipinski definition) is 1. The predicted octanol–water partition coefficient (Wildman–Crippen LogP) is 20.8. The Bertz CT molecular complexity index is 1210. The van der Waals surface area contributed by atoms with Crippen molar-refractivity contribution < 1.29 is 33.6 Å². The van der Waals surface area contributed by atoms with Crippen molar-refractivity contribution in [3.8, 4) is 17.2 Å². The summed E-state index contributed by atoms with van der Waals surface area (Å²) in [6.45, 7) is 7.74. The molecule has 0 aliphatic rings. The molecule has 0 saturated heterocycles. The van der Waals surface area contributed by atoms with Crippen molar-refractivity contribution in [1.82, 2.24) is 0 Å². The van der Waals surface area contributed by atoms with Gasteiger partial charge < -0.3 is 24.1 Å². The van der Waals surface area contributed by atoms with Gasteiger partial charge in [0.05, 0.1) is 25.4 Å². The third kappa shape index (κ3) is 43.2. The summed E-state index contributed by atoms with van der Waals surface area (Å²) in [6.07, 6.45) is 63.1. The number of esters is 1. The lowest BCUT2D eigenvalue weighted by Crippen LogP contribution is -2.14. The fraction of sp³-hybridized carbons (Fsp3) is 0.873. The van der Waals surface area contributed by atoms with Crippen LogP contribution in [0.1, 0.15) is 339 Å². The lowest BCUT2D eigenvalue weighted by molar-refractivity contribution is -0.140. The third-order valence-electron chi connectivity index (χ3n) is 14.3. The molecule has 0 spiro atoms. The number of carbonyl (C=O) groups excluding carboxylic acids is 1. The lowest BCUT2D eigenvalue weighted by atomic mass is 10.0. The van der Waals surface area contributed by atoms with Gasteiger partial charge in [0, 0.05) is 0 Å². The quantitative estimate of drug-likeness (QED) is 0.0513. The van der Waals surface area contributed by atoms with E-state index in [1.54, 1.807) is 12.1 Å². The molecule has 1 N–H and O–H groups in total. The van der Waals surface area contributed by atoms with E-state index in [1.165, 1.54) is 270 Å². The summed E-state index contributed by atoms with van der Waals surface area (Å²) in [5, 5.41) is 9.22. The smallest absolute Gasteiger partial charge is 0.341 e. The van der Waals surface area contributed by atoms with Crippen LogP contribution in [0.5, 0.6) is 17.2 Å². The second kappa shape index (κ2) is 52.9. The van der Waals surface area contributed by atoms with Crippen LogP contribution in [0.25, 0.3) is 0 Å². The number of unbranched alkanes of at least 4 members (excludes halogenated alkanes) is 45. The molecule has 0 bridgehead atoms. The molecule has 410 valence electrons. The van der Waals surface area contributed by atoms with E-state index >= 15 is 0 Å². The molecule has 7 heteroatoms. The maximum absolute atomic E-state index is 13.1. The van der Waals surface area contributed by atoms with Crippen molar-refractivity contribution in [3.05, 3.63) is 17.7 Å². The number of carboxylic acid groups (broad SMARTS) is 1. The van der Waals surface area contributed by atoms with Gasteiger partial charge in [0.2, 0.25) is 5.75 Å². The molecule has 1 aromatic carbocycles. The molecule has 70 heavy (non-hydrogen) atoms. The largest absolute Gasteiger partial charge is 0.490 e. The van der Waals surface area contributed by atoms with Crippen molar-refractivity contribution >= 4 is 11.9 Å². The first kappa shape index (κ1) is 65.6. The summed E-state index contributed by atoms with van der Waals surface area (Å²) >= 11 is 0. The number of benzene rings is 1. The minimum atomic E-state index is -1.19. The second-order valence-electron chi connectivity index (χ2n) is 21.2. The molecule has 7 nitrogen and oxygen atoms in total. The van der Waals surface area contributed by atoms with Gasteiger partial charge in [-0.1, -0.05) is 310 Å². The summed E-state index contributed by atoms with van der Waals surface area (Å²) in [5.41, 5.74) is 0.222. The summed E-state index contributed by atoms with van der Waals surface area (Å²) in [5.74, 6) is -0.393. The molecule has 0 radical (unpaired) electrons. The molecule has 0 aliphatic heterocycles. The van der Waals surface area contributed by atoms with E-state index in [0.29, 0.717) is 37.1 Å². The Morgan fingerprint density at radius 3 is 0.771 bits per heavy atom. The summed E-state index contributed by atoms with van der Waals surface area (Å²) in [6, 6.07) is 3.31. The molecule has 0 atom stereocenters. The van der Waals surface area contributed by atoms with Crippen molar-refractivity contribution in [2.75, 3.05) is 26.4 Å². The number of carbonyl (C=O) groups is 2. The Morgan fingerprint density at radius 1 is 0.329 bits per heavy atom. The van der Waals surface area contributed by atoms with Crippen LogP contribution in [-0.4, -0.2) is 43.5 Å². The first-order valence-corrected chi connectivity index (χ1v) is 31.0. The molecule has 0 amide bonds. The predicted molar refractivity (Wildman–Crippen MR) is 299 cm³/mol. The maximum atomic E-state index is 13.1. The number of carboxylic acids is 1. The Morgan fingerprint density at radius 2 is 0.543 bits per heavy atom. The Hall–Kier alpha value is -2.44. The Labute approximate surface area is 434 Å². The van der Waals surface area contributed by atoms with Gasteiger partial charge in [-0.15, -0.1) is 0 Å². The van der Waals surface area contributed by atoms with E-state index < -0.39 is 18.5 Å². The highest BCUT2D eigenvalue weighted by atomic mass is 16.6. The zero-order chi connectivity index (χ0) is 50.5. The van der Waals surface area contributed by atoms with Gasteiger partial charge in [-0.2, -0.15) is 0 Å². The molecule has 0 heterocycles. The summed E-state index contributed by atoms with van der Waals surface area (Å²) < 4.78 is 24.4. The highest BCUT2D eigenvalue weighted by molar-refractivity contribution is 5.92. The average Bonchev–Trinajstić information content (AvgIpc) is 3.36. The molecule has 0 aliphatic carbocycles. The van der Waals surface area contributed by atoms with Crippen molar-refractivity contribution in [2.24, 2.45) is 0 Å². The van der Waals surface area contributed by atoms with E-state index in [1.807, 2.05) is 0 Å². The van der Waals surface area contributed by atoms with Gasteiger partial charge >= 0.3 is 11.9 Å². The van der Waals surface area contributed by atoms with Gasteiger partial charge in [0.1, 0.15) is 0 Å². The highest BCUT2D eigenvalue weighted by Gasteiger charge is 2.21. The minimum absolute atomic E-state index is 0.222. The lowest BCUT2D eigenvalue weighted by Gasteiger charge is -2.19. The molecular formula is C63H116O7. The van der Waals surface area contributed by atoms with E-state index in [0.717, 1.165) is 38.5 Å². The van der Waals surface area contributed by atoms with Crippen LogP contribution in [0.15, 0.2) is 12.1 Å². The molecule has 0 fully saturated rings. The Kier molecular flexibility index (Phi) is 49.5. The first-order valence-electron chi connectivity index (χ1n) is 31.0. The average molecular weight is 986 g/mol. The molecule has 0 saturated carbocycles. The van der Waals surface area contributed by atoms with E-state index in [-0.39, 0.29) is 5.56 Å². The summed E-state index contributed by atoms with van der Waals surface area (Å²) in [4.78, 5) is 24.4. The highest BCUT2D eigenvalue weighted by Crippen LogP contribution is 2.40. The van der Waals surface area contributed by atoms with Crippen molar-refractivity contribution in [2.45, 2.75) is 329 Å². The summed E-state index contributed by atoms with van der Waals surface area (Å²) in [7, 11) is 0. The maximum Gasteiger partial charge on any atom is 0.341 e. The molecule has 0 unspecified atom stereocenters. The van der Waals surface area contributed by atoms with Crippen LogP contribution in [0, 0.1) is 0 Å². The number of rotatable bonds is 57. The Balaban J connectivity index is 2.64. The fourth-order valence-corrected chi connectivity index (χ4v) is 9.75. The number of ether oxygens (including phenoxy) is 4. The molecule has 1 aromatic rings. The van der Waals surface area contributed by atoms with Gasteiger partial charge in [-0.25, -0.2) is 9.59 Å². The molecule has 0 aromatic heterocycles. The fourth-order valence-electron chi connectivity index (χ4n) is 9.75. The van der Waals surface area contributed by atoms with Crippen LogP contribution in [0.2, 0.25) is 0 Å². The van der Waals surface area contributed by atoms with E-state index in [9.17, 15) is 14.7 Å². The van der Waals surface area contributed by atoms with Gasteiger partial charge in [-0.3, -0.25) is 0 Å². The minimum Gasteiger partial charge on any atom is -0.490 e. The normalized spacial score (nSPS) is 11.4. The zero-order valence-corrected chi connectivity index (χ0v) is 46.8. The second-order valence-corrected chi connectivity index (χ2v) is 21.2. The van der Waals surface area contributed by atoms with Gasteiger partial charge in [-0.05, 0) is 31.4 Å². The van der Waals surface area contributed by atoms with Crippen molar-refractivity contribution in [3.63, 3.8) is 0 Å². The monoisotopic (exact) mass is 985 g/mol. The number of hydrogen-bond acceptors (Lipinski definition) is 6. The van der Waals surface area contributed by atoms with Crippen molar-refractivity contribution in [1.29, 1.82) is 0 Å². The standard InChI is InChI=1S/C63H116O7/c1-4-7-10-13-16-19-22-25-28-31-34-37-40-43-46-49-52-67-59-55-58(63(66)70-57-61(64)65)56-60(68-53-50-47-44-41-38-35-32-29-26-23-20-17-14-11-8-5-2)62(59)69-54-51-48-45-42-39-36-33-30-27-24-21-18-15-12-9-6-3/h55-56H,4-54,57H2,1-3H3,(H,64,65). The molecule has 1 rings (SSSR count).